The summed E-state index contributed by atoms with van der Waals surface area (Å²) in [5.41, 5.74) is 10.5. The molecule has 33 heteroatoms. The molecule has 8 heterocycles. The number of hydrogen-bond donors (Lipinski definition) is 6. The molecule has 0 aliphatic heterocycles. The van der Waals surface area contributed by atoms with Crippen molar-refractivity contribution in [2.45, 2.75) is 94.7 Å². The number of hydrogen-bond acceptors (Lipinski definition) is 30. The maximum absolute atomic E-state index is 12.0. The van der Waals surface area contributed by atoms with Crippen molar-refractivity contribution in [2.75, 3.05) is 112 Å². The number of aromatic nitrogens is 12. The second-order valence-electron chi connectivity index (χ2n) is 26.8. The number of carboxylic acid groups (broad SMARTS) is 1. The van der Waals surface area contributed by atoms with Crippen LogP contribution in [0.5, 0.6) is 46.0 Å². The number of aromatic carboxylic acids is 1. The van der Waals surface area contributed by atoms with Gasteiger partial charge in [-0.05, 0) is 221 Å². The number of pyridine rings is 3. The number of carbonyl (C=O) groups excluding carboxylic acids is 1. The van der Waals surface area contributed by atoms with Crippen molar-refractivity contribution in [3.8, 4) is 137 Å². The number of likely N-dealkylation sites (N-methyl/N-ethyl adjacent to an activating group) is 2. The molecule has 6 N–H and O–H groups in total. The summed E-state index contributed by atoms with van der Waals surface area (Å²) in [5, 5.41) is 50.8. The van der Waals surface area contributed by atoms with Gasteiger partial charge < -0.3 is 91.8 Å². The number of fused-ring (bicyclic) bond motifs is 2. The Morgan fingerprint density at radius 2 is 0.876 bits per heavy atom. The zero-order chi connectivity index (χ0) is 85.6. The summed E-state index contributed by atoms with van der Waals surface area (Å²) in [5.74, 6) is 6.85. The molecule has 1 amide bonds. The molecule has 5 aromatic carbocycles. The first-order valence-corrected chi connectivity index (χ1v) is 40.4. The highest BCUT2D eigenvalue weighted by atomic mass is 16.5. The van der Waals surface area contributed by atoms with E-state index in [1.807, 2.05) is 135 Å². The van der Waals surface area contributed by atoms with Crippen LogP contribution in [0.25, 0.3) is 102 Å². The molecule has 0 saturated heterocycles. The van der Waals surface area contributed by atoms with Crippen LogP contribution in [0.1, 0.15) is 119 Å². The van der Waals surface area contributed by atoms with Crippen LogP contribution in [-0.2, 0) is 13.0 Å². The fraction of sp³-hybridized carbons (Fsp3) is 0.352. The number of rotatable bonds is 38. The zero-order valence-corrected chi connectivity index (χ0v) is 69.7. The van der Waals surface area contributed by atoms with E-state index in [9.17, 15) is 9.59 Å². The summed E-state index contributed by atoms with van der Waals surface area (Å²) in [7, 11) is 1.98. The van der Waals surface area contributed by atoms with E-state index in [1.165, 1.54) is 24.0 Å². The number of aliphatic hydroxyl groups excluding tert-OH is 2. The van der Waals surface area contributed by atoms with E-state index in [0.29, 0.717) is 163 Å². The van der Waals surface area contributed by atoms with Crippen LogP contribution in [0.2, 0.25) is 0 Å². The number of aliphatic hydroxyl groups is 2. The van der Waals surface area contributed by atoms with Gasteiger partial charge in [0.2, 0.25) is 23.3 Å². The number of ether oxygens (including phenoxy) is 8. The molecule has 13 aromatic rings. The van der Waals surface area contributed by atoms with Crippen molar-refractivity contribution in [3.05, 3.63) is 174 Å². The molecule has 1 atom stereocenters. The maximum Gasteiger partial charge on any atom is 0.354 e. The van der Waals surface area contributed by atoms with E-state index in [-0.39, 0.29) is 48.9 Å². The van der Waals surface area contributed by atoms with Gasteiger partial charge in [0.15, 0.2) is 46.0 Å². The Morgan fingerprint density at radius 3 is 1.31 bits per heavy atom. The lowest BCUT2D eigenvalue weighted by atomic mass is 10.1. The molecule has 0 saturated carbocycles. The predicted octanol–water partition coefficient (Wildman–Crippen LogP) is 14.2. The molecule has 0 radical (unpaired) electrons. The van der Waals surface area contributed by atoms with Gasteiger partial charge in [-0.25, -0.2) is 9.78 Å². The van der Waals surface area contributed by atoms with Gasteiger partial charge in [0.25, 0.3) is 29.5 Å². The summed E-state index contributed by atoms with van der Waals surface area (Å²) in [6, 6.07) is 36.5. The summed E-state index contributed by atoms with van der Waals surface area (Å²) in [4.78, 5) is 61.4. The Morgan fingerprint density at radius 1 is 0.463 bits per heavy atom. The third kappa shape index (κ3) is 23.2. The molecular formula is C88H102N16O17. The molecule has 33 nitrogen and oxygen atoms in total. The second kappa shape index (κ2) is 44.5. The van der Waals surface area contributed by atoms with Crippen LogP contribution in [0.3, 0.4) is 0 Å². The first kappa shape index (κ1) is 88.6. The Kier molecular flexibility index (Phi) is 32.6. The normalized spacial score (nSPS) is 12.0. The Hall–Kier alpha value is -13.2. The molecule has 121 heavy (non-hydrogen) atoms. The highest BCUT2D eigenvalue weighted by Gasteiger charge is 2.29. The fourth-order valence-corrected chi connectivity index (χ4v) is 13.0. The molecule has 1 aliphatic rings. The summed E-state index contributed by atoms with van der Waals surface area (Å²) in [6.07, 6.45) is 8.70. The van der Waals surface area contributed by atoms with Crippen molar-refractivity contribution in [2.24, 2.45) is 0 Å². The largest absolute Gasteiger partial charge is 0.490 e. The number of carboxylic acids is 1. The third-order valence-corrected chi connectivity index (χ3v) is 18.8. The first-order chi connectivity index (χ1) is 59.1. The number of aromatic amines is 1. The van der Waals surface area contributed by atoms with Crippen molar-refractivity contribution in [1.29, 1.82) is 0 Å². The first-order valence-electron chi connectivity index (χ1n) is 40.4. The van der Waals surface area contributed by atoms with Gasteiger partial charge in [0.1, 0.15) is 11.4 Å². The number of nitrogens with zero attached hydrogens (tertiary/aromatic N) is 13. The smallest absolute Gasteiger partial charge is 0.354 e. The van der Waals surface area contributed by atoms with E-state index >= 15 is 0 Å². The standard InChI is InChI=1S/C26H35N5O3.C24H28N4O4.C20H22N4O5.C18H17N3O5/c1-5-31(6-2)16-15-27-21-11-10-19-20(13-14-28-24(19)21)25-29-26(34-30-25)18-9-12-22(32-7-3)23(17-18)33-8-4;1-4-30-21-9-7-17(13-22(21)31-5-2)24-26-23(27-32-24)16-6-8-20-19(12-16)18(14-25-20)15-28(3)10-11-29;1-3-27-16-6-5-14(12-17(16)28-4-2)20-23-18(24-29-20)13-7-8-21-15(11-13)19(26)22-9-10-25;1-3-24-14-6-5-12(10-15(14)25-4-2)17-20-16(21-26-17)11-7-8-19-13(9-11)18(22)23/h9,12-14,17,21,27H,5-8,10-11,15-16H2,1-4H3;6-9,12-14,25,29H,4-5,10-11,15H2,1-3H3;5-8,11-12,25H,3-4,9-10H2,1-2H3,(H,22,26);5-10H,3-4H2,1-2H3,(H,22,23). The molecule has 0 spiro atoms. The van der Waals surface area contributed by atoms with Gasteiger partial charge in [-0.15, -0.1) is 0 Å². The van der Waals surface area contributed by atoms with Crippen LogP contribution in [0.4, 0.5) is 0 Å². The van der Waals surface area contributed by atoms with Crippen molar-refractivity contribution >= 4 is 22.8 Å². The van der Waals surface area contributed by atoms with Gasteiger partial charge >= 0.3 is 5.97 Å². The van der Waals surface area contributed by atoms with Crippen molar-refractivity contribution in [3.63, 3.8) is 0 Å². The molecule has 636 valence electrons. The molecular weight excluding hydrogens is 1550 g/mol. The third-order valence-electron chi connectivity index (χ3n) is 18.8. The number of H-pyrrole nitrogens is 1. The van der Waals surface area contributed by atoms with E-state index in [0.717, 1.165) is 90.0 Å². The number of benzene rings is 5. The zero-order valence-electron chi connectivity index (χ0n) is 69.7. The number of nitrogens with one attached hydrogen (secondary N) is 3. The van der Waals surface area contributed by atoms with Gasteiger partial charge in [0.05, 0.1) is 77.8 Å². The van der Waals surface area contributed by atoms with Crippen LogP contribution in [0.15, 0.2) is 164 Å². The van der Waals surface area contributed by atoms with Crippen LogP contribution in [-0.4, -0.2) is 210 Å². The Balaban J connectivity index is 0.000000158. The quantitative estimate of drug-likeness (QED) is 0.0209. The average molecular weight is 1660 g/mol. The van der Waals surface area contributed by atoms with Gasteiger partial charge in [0, 0.05) is 113 Å². The minimum absolute atomic E-state index is 0.0893. The van der Waals surface area contributed by atoms with E-state index in [2.05, 4.69) is 90.9 Å². The van der Waals surface area contributed by atoms with E-state index < -0.39 is 11.9 Å². The Bertz CT molecular complexity index is 5490. The molecule has 1 aliphatic carbocycles. The number of amides is 1. The number of carbonyl (C=O) groups is 2. The lowest BCUT2D eigenvalue weighted by Crippen LogP contribution is -2.33. The van der Waals surface area contributed by atoms with Crippen LogP contribution < -0.4 is 48.5 Å². The molecule has 1 unspecified atom stereocenters. The van der Waals surface area contributed by atoms with Gasteiger partial charge in [-0.1, -0.05) is 34.5 Å². The summed E-state index contributed by atoms with van der Waals surface area (Å²) >= 11 is 0. The minimum atomic E-state index is -1.12. The van der Waals surface area contributed by atoms with E-state index in [1.54, 1.807) is 48.5 Å². The monoisotopic (exact) mass is 1650 g/mol. The fourth-order valence-electron chi connectivity index (χ4n) is 13.0. The second-order valence-corrected chi connectivity index (χ2v) is 26.8. The highest BCUT2D eigenvalue weighted by Crippen LogP contribution is 2.40. The topological polar surface area (TPSA) is 409 Å². The maximum atomic E-state index is 12.0. The van der Waals surface area contributed by atoms with Gasteiger partial charge in [-0.3, -0.25) is 19.7 Å². The lowest BCUT2D eigenvalue weighted by molar-refractivity contribution is 0.0690. The minimum Gasteiger partial charge on any atom is -0.490 e. The van der Waals surface area contributed by atoms with Crippen LogP contribution >= 0.6 is 0 Å². The summed E-state index contributed by atoms with van der Waals surface area (Å²) < 4.78 is 67.0. The van der Waals surface area contributed by atoms with Crippen LogP contribution in [0, 0.1) is 0 Å². The summed E-state index contributed by atoms with van der Waals surface area (Å²) in [6.45, 7) is 29.6. The average Bonchev–Trinajstić information content (AvgIpc) is 1.60. The predicted molar refractivity (Wildman–Crippen MR) is 452 cm³/mol. The molecule has 0 bridgehead atoms. The Labute approximate surface area is 700 Å². The lowest BCUT2D eigenvalue weighted by Gasteiger charge is -2.20. The SMILES string of the molecule is CCOc1ccc(-c2nc(-c3ccc4[nH]cc(CN(C)CCO)c4c3)no2)cc1OCC.CCOc1ccc(-c2nc(-c3ccnc(C(=O)NCCO)c3)no2)cc1OCC.CCOc1ccc(-c2nc(-c3ccnc(C(=O)O)c3)no2)cc1OCC.CCOc1ccc(-c2nc(-c3ccnc4c3CCC4NCCN(CC)CC)no2)cc1OCC. The van der Waals surface area contributed by atoms with Gasteiger partial charge in [-0.2, -0.15) is 19.9 Å². The van der Waals surface area contributed by atoms with Crippen molar-refractivity contribution in [1.82, 2.24) is 80.9 Å². The molecule has 14 rings (SSSR count). The molecule has 8 aromatic heterocycles. The van der Waals surface area contributed by atoms with Crippen molar-refractivity contribution < 1.29 is 80.9 Å². The highest BCUT2D eigenvalue weighted by molar-refractivity contribution is 5.93. The van der Waals surface area contributed by atoms with E-state index in [4.69, 9.17) is 81.3 Å². The molecule has 0 fully saturated rings.